The summed E-state index contributed by atoms with van der Waals surface area (Å²) in [6.07, 6.45) is -4.60. The predicted octanol–water partition coefficient (Wildman–Crippen LogP) is 4.75. The minimum atomic E-state index is -4.60. The lowest BCUT2D eigenvalue weighted by Gasteiger charge is -2.04. The molecule has 0 aliphatic rings. The van der Waals surface area contributed by atoms with Crippen LogP contribution in [0.25, 0.3) is 21.7 Å². The molecule has 0 saturated heterocycles. The first-order valence-electron chi connectivity index (χ1n) is 7.29. The number of nitrogens with zero attached hydrogens (tertiary/aromatic N) is 1. The molecule has 0 saturated carbocycles. The van der Waals surface area contributed by atoms with Gasteiger partial charge >= 0.3 is 6.18 Å². The lowest BCUT2D eigenvalue weighted by molar-refractivity contribution is -0.137. The number of aromatic nitrogens is 1. The van der Waals surface area contributed by atoms with Crippen LogP contribution in [0.1, 0.15) is 10.6 Å². The number of halogens is 4. The SMILES string of the molecule is O=[SH](=O)Cc1ccc(-c2sc(C(F)(F)F)nc2-c2ccc(F)cc2)cc1. The molecule has 9 heteroatoms. The van der Waals surface area contributed by atoms with Gasteiger partial charge in [0.25, 0.3) is 0 Å². The third-order valence-electron chi connectivity index (χ3n) is 3.52. The molecule has 0 unspecified atom stereocenters. The van der Waals surface area contributed by atoms with Crippen LogP contribution >= 0.6 is 11.3 Å². The molecule has 0 fully saturated rings. The Labute approximate surface area is 151 Å². The largest absolute Gasteiger partial charge is 0.443 e. The van der Waals surface area contributed by atoms with E-state index in [-0.39, 0.29) is 16.3 Å². The maximum Gasteiger partial charge on any atom is 0.443 e. The van der Waals surface area contributed by atoms with E-state index in [1.54, 1.807) is 24.3 Å². The molecule has 0 spiro atoms. The summed E-state index contributed by atoms with van der Waals surface area (Å²) in [5, 5.41) is -1.00. The van der Waals surface area contributed by atoms with Gasteiger partial charge in [0.1, 0.15) is 16.5 Å². The number of benzene rings is 2. The predicted molar refractivity (Wildman–Crippen MR) is 92.0 cm³/mol. The zero-order valence-corrected chi connectivity index (χ0v) is 14.7. The zero-order chi connectivity index (χ0) is 18.9. The van der Waals surface area contributed by atoms with Crippen molar-refractivity contribution in [2.75, 3.05) is 0 Å². The summed E-state index contributed by atoms with van der Waals surface area (Å²) in [4.78, 5) is 3.98. The fourth-order valence-electron chi connectivity index (χ4n) is 2.35. The normalized spacial score (nSPS) is 11.9. The Morgan fingerprint density at radius 2 is 1.50 bits per heavy atom. The van der Waals surface area contributed by atoms with Gasteiger partial charge in [-0.05, 0) is 35.4 Å². The monoisotopic (exact) mass is 401 g/mol. The average molecular weight is 401 g/mol. The van der Waals surface area contributed by atoms with Gasteiger partial charge in [0.15, 0.2) is 5.01 Å². The Kier molecular flexibility index (Phi) is 5.10. The molecule has 0 N–H and O–H groups in total. The Bertz CT molecular complexity index is 983. The molecule has 0 aliphatic heterocycles. The van der Waals surface area contributed by atoms with Crippen molar-refractivity contribution in [3.05, 3.63) is 64.9 Å². The van der Waals surface area contributed by atoms with E-state index in [4.69, 9.17) is 0 Å². The van der Waals surface area contributed by atoms with E-state index in [1.807, 2.05) is 0 Å². The summed E-state index contributed by atoms with van der Waals surface area (Å²) < 4.78 is 74.0. The van der Waals surface area contributed by atoms with E-state index >= 15 is 0 Å². The first-order chi connectivity index (χ1) is 12.2. The van der Waals surface area contributed by atoms with Crippen LogP contribution in [0.5, 0.6) is 0 Å². The summed E-state index contributed by atoms with van der Waals surface area (Å²) in [6.45, 7) is 0. The van der Waals surface area contributed by atoms with Gasteiger partial charge in [-0.15, -0.1) is 11.3 Å². The summed E-state index contributed by atoms with van der Waals surface area (Å²) >= 11 is 0.489. The first kappa shape index (κ1) is 18.5. The number of thiol groups is 1. The summed E-state index contributed by atoms with van der Waals surface area (Å²) in [7, 11) is -2.59. The van der Waals surface area contributed by atoms with Gasteiger partial charge in [0, 0.05) is 5.56 Å². The van der Waals surface area contributed by atoms with Crippen molar-refractivity contribution in [2.24, 2.45) is 0 Å². The summed E-state index contributed by atoms with van der Waals surface area (Å²) in [5.41, 5.74) is 1.47. The van der Waals surface area contributed by atoms with Crippen molar-refractivity contribution >= 4 is 22.0 Å². The topological polar surface area (TPSA) is 47.0 Å². The Morgan fingerprint density at radius 1 is 0.923 bits per heavy atom. The van der Waals surface area contributed by atoms with Crippen LogP contribution in [0, 0.1) is 5.82 Å². The van der Waals surface area contributed by atoms with Crippen LogP contribution in [0.15, 0.2) is 48.5 Å². The van der Waals surface area contributed by atoms with Crippen molar-refractivity contribution in [3.63, 3.8) is 0 Å². The van der Waals surface area contributed by atoms with Crippen molar-refractivity contribution in [3.8, 4) is 21.7 Å². The maximum absolute atomic E-state index is 13.1. The highest BCUT2D eigenvalue weighted by Crippen LogP contribution is 2.42. The fourth-order valence-corrected chi connectivity index (χ4v) is 3.82. The second kappa shape index (κ2) is 7.16. The van der Waals surface area contributed by atoms with Crippen molar-refractivity contribution in [2.45, 2.75) is 11.9 Å². The van der Waals surface area contributed by atoms with Crippen molar-refractivity contribution in [1.29, 1.82) is 0 Å². The van der Waals surface area contributed by atoms with Gasteiger partial charge in [0.2, 0.25) is 0 Å². The average Bonchev–Trinajstić information content (AvgIpc) is 3.01. The van der Waals surface area contributed by atoms with Crippen LogP contribution in [0.3, 0.4) is 0 Å². The van der Waals surface area contributed by atoms with Crippen LogP contribution < -0.4 is 0 Å². The highest BCUT2D eigenvalue weighted by atomic mass is 32.2. The number of rotatable bonds is 4. The number of hydrogen-bond acceptors (Lipinski definition) is 4. The van der Waals surface area contributed by atoms with Gasteiger partial charge in [-0.1, -0.05) is 24.3 Å². The summed E-state index contributed by atoms with van der Waals surface area (Å²) in [6, 6.07) is 11.2. The van der Waals surface area contributed by atoms with E-state index in [2.05, 4.69) is 4.98 Å². The molecule has 0 amide bonds. The molecule has 1 heterocycles. The number of alkyl halides is 3. The van der Waals surface area contributed by atoms with Gasteiger partial charge < -0.3 is 0 Å². The first-order valence-corrected chi connectivity index (χ1v) is 9.47. The lowest BCUT2D eigenvalue weighted by atomic mass is 10.1. The van der Waals surface area contributed by atoms with Crippen LogP contribution in [0.4, 0.5) is 17.6 Å². The molecular formula is C17H11F4NO2S2. The minimum Gasteiger partial charge on any atom is -0.232 e. The Balaban J connectivity index is 2.10. The quantitative estimate of drug-likeness (QED) is 0.507. The van der Waals surface area contributed by atoms with E-state index < -0.39 is 27.7 Å². The highest BCUT2D eigenvalue weighted by molar-refractivity contribution is 7.71. The maximum atomic E-state index is 13.1. The van der Waals surface area contributed by atoms with E-state index in [1.165, 1.54) is 12.1 Å². The van der Waals surface area contributed by atoms with Gasteiger partial charge in [-0.2, -0.15) is 13.2 Å². The molecule has 0 bridgehead atoms. The molecule has 3 nitrogen and oxygen atoms in total. The standard InChI is InChI=1S/C17H11F4NO2S2/c18-13-7-5-11(6-8-13)14-15(25-16(22-14)17(19,20)21)12-3-1-10(2-4-12)9-26(23)24/h1-8,26H,9H2. The van der Waals surface area contributed by atoms with Crippen LogP contribution in [0.2, 0.25) is 0 Å². The van der Waals surface area contributed by atoms with Gasteiger partial charge in [0.05, 0.1) is 16.3 Å². The minimum absolute atomic E-state index is 0.102. The second-order valence-corrected chi connectivity index (χ2v) is 7.37. The third-order valence-corrected chi connectivity index (χ3v) is 5.29. The van der Waals surface area contributed by atoms with Gasteiger partial charge in [-0.3, -0.25) is 0 Å². The molecule has 3 rings (SSSR count). The Hall–Kier alpha value is -2.26. The number of thiazole rings is 1. The third kappa shape index (κ3) is 4.10. The molecular weight excluding hydrogens is 390 g/mol. The van der Waals surface area contributed by atoms with Crippen LogP contribution in [-0.4, -0.2) is 13.4 Å². The molecule has 0 atom stereocenters. The van der Waals surface area contributed by atoms with Gasteiger partial charge in [-0.25, -0.2) is 17.8 Å². The highest BCUT2D eigenvalue weighted by Gasteiger charge is 2.36. The molecule has 2 aromatic carbocycles. The zero-order valence-electron chi connectivity index (χ0n) is 13.0. The van der Waals surface area contributed by atoms with Crippen LogP contribution in [-0.2, 0) is 22.6 Å². The van der Waals surface area contributed by atoms with Crippen molar-refractivity contribution < 1.29 is 26.0 Å². The number of hydrogen-bond donors (Lipinski definition) is 1. The summed E-state index contributed by atoms with van der Waals surface area (Å²) in [5.74, 6) is -0.644. The molecule has 0 aliphatic carbocycles. The van der Waals surface area contributed by atoms with E-state index in [9.17, 15) is 26.0 Å². The molecule has 3 aromatic rings. The molecule has 1 aromatic heterocycles. The molecule has 0 radical (unpaired) electrons. The van der Waals surface area contributed by atoms with Crippen molar-refractivity contribution in [1.82, 2.24) is 4.98 Å². The lowest BCUT2D eigenvalue weighted by Crippen LogP contribution is -2.03. The van der Waals surface area contributed by atoms with E-state index in [0.29, 0.717) is 28.0 Å². The second-order valence-electron chi connectivity index (χ2n) is 5.39. The molecule has 26 heavy (non-hydrogen) atoms. The Morgan fingerprint density at radius 3 is 2.04 bits per heavy atom. The van der Waals surface area contributed by atoms with E-state index in [0.717, 1.165) is 12.1 Å². The smallest absolute Gasteiger partial charge is 0.232 e. The molecule has 136 valence electrons. The fraction of sp³-hybridized carbons (Fsp3) is 0.118.